The summed E-state index contributed by atoms with van der Waals surface area (Å²) in [6.45, 7) is 8.28. The number of allylic oxidation sites excluding steroid dienone is 4. The molecule has 14 heavy (non-hydrogen) atoms. The second-order valence-corrected chi connectivity index (χ2v) is 4.00. The van der Waals surface area contributed by atoms with Gasteiger partial charge in [-0.15, -0.1) is 0 Å². The third-order valence-corrected chi connectivity index (χ3v) is 2.47. The molecule has 0 saturated carbocycles. The van der Waals surface area contributed by atoms with Crippen LogP contribution >= 0.6 is 0 Å². The lowest BCUT2D eigenvalue weighted by Crippen LogP contribution is -2.17. The maximum absolute atomic E-state index is 11.1. The Labute approximate surface area is 87.9 Å². The van der Waals surface area contributed by atoms with Gasteiger partial charge in [0.1, 0.15) is 6.29 Å². The molecule has 0 fully saturated rings. The van der Waals surface area contributed by atoms with Crippen molar-refractivity contribution in [1.29, 1.82) is 0 Å². The average molecular weight is 194 g/mol. The molecule has 0 radical (unpaired) electrons. The monoisotopic (exact) mass is 194 g/mol. The number of carbonyl (C=O) groups excluding carboxylic acids is 1. The molecule has 0 spiro atoms. The Morgan fingerprint density at radius 3 is 2.29 bits per heavy atom. The van der Waals surface area contributed by atoms with Crippen LogP contribution in [0.2, 0.25) is 0 Å². The van der Waals surface area contributed by atoms with Crippen molar-refractivity contribution in [2.75, 3.05) is 0 Å². The van der Waals surface area contributed by atoms with E-state index in [4.69, 9.17) is 0 Å². The molecule has 0 aromatic rings. The van der Waals surface area contributed by atoms with Crippen molar-refractivity contribution in [3.05, 3.63) is 23.8 Å². The molecule has 0 aromatic carbocycles. The Morgan fingerprint density at radius 1 is 1.29 bits per heavy atom. The molecule has 80 valence electrons. The first-order valence-corrected chi connectivity index (χ1v) is 5.37. The zero-order chi connectivity index (χ0) is 11.0. The maximum Gasteiger partial charge on any atom is 0.130 e. The van der Waals surface area contributed by atoms with Crippen LogP contribution in [-0.4, -0.2) is 6.29 Å². The molecule has 0 saturated heterocycles. The van der Waals surface area contributed by atoms with Crippen LogP contribution in [0.5, 0.6) is 0 Å². The Kier molecular flexibility index (Phi) is 6.18. The molecule has 0 aliphatic carbocycles. The van der Waals surface area contributed by atoms with Gasteiger partial charge in [-0.3, -0.25) is 0 Å². The van der Waals surface area contributed by atoms with E-state index in [0.29, 0.717) is 0 Å². The van der Waals surface area contributed by atoms with E-state index in [0.717, 1.165) is 25.5 Å². The summed E-state index contributed by atoms with van der Waals surface area (Å²) in [5, 5.41) is 0. The van der Waals surface area contributed by atoms with Gasteiger partial charge in [-0.25, -0.2) is 0 Å². The molecule has 0 bridgehead atoms. The minimum absolute atomic E-state index is 0.271. The second-order valence-electron chi connectivity index (χ2n) is 4.00. The Bertz CT molecular complexity index is 221. The van der Waals surface area contributed by atoms with E-state index < -0.39 is 0 Å². The summed E-state index contributed by atoms with van der Waals surface area (Å²) >= 11 is 0. The van der Waals surface area contributed by atoms with Gasteiger partial charge in [-0.1, -0.05) is 37.6 Å². The third kappa shape index (κ3) is 4.40. The van der Waals surface area contributed by atoms with Crippen LogP contribution in [0, 0.1) is 5.41 Å². The Hall–Kier alpha value is -0.850. The molecule has 0 aromatic heterocycles. The summed E-state index contributed by atoms with van der Waals surface area (Å²) < 4.78 is 0. The van der Waals surface area contributed by atoms with Crippen LogP contribution in [0.15, 0.2) is 23.8 Å². The first-order valence-electron chi connectivity index (χ1n) is 5.37. The van der Waals surface area contributed by atoms with Crippen LogP contribution in [0.25, 0.3) is 0 Å². The van der Waals surface area contributed by atoms with Crippen LogP contribution in [0.3, 0.4) is 0 Å². The molecule has 0 amide bonds. The van der Waals surface area contributed by atoms with Crippen LogP contribution in [-0.2, 0) is 4.79 Å². The molecule has 1 heteroatoms. The van der Waals surface area contributed by atoms with Gasteiger partial charge < -0.3 is 4.79 Å². The van der Waals surface area contributed by atoms with E-state index in [1.807, 2.05) is 0 Å². The highest BCUT2D eigenvalue weighted by Gasteiger charge is 2.22. The molecule has 1 atom stereocenters. The lowest BCUT2D eigenvalue weighted by atomic mass is 9.82. The zero-order valence-corrected chi connectivity index (χ0v) is 9.84. The van der Waals surface area contributed by atoms with Gasteiger partial charge >= 0.3 is 0 Å². The fourth-order valence-corrected chi connectivity index (χ4v) is 1.25. The van der Waals surface area contributed by atoms with Crippen molar-refractivity contribution in [2.24, 2.45) is 5.41 Å². The van der Waals surface area contributed by atoms with E-state index in [1.165, 1.54) is 5.57 Å². The Balaban J connectivity index is 4.61. The quantitative estimate of drug-likeness (QED) is 0.463. The number of aldehydes is 1. The largest absolute Gasteiger partial charge is 0.302 e. The molecular formula is C13H22O. The first-order chi connectivity index (χ1) is 6.60. The molecule has 0 heterocycles. The molecule has 0 aliphatic heterocycles. The number of hydrogen-bond acceptors (Lipinski definition) is 1. The minimum Gasteiger partial charge on any atom is -0.302 e. The fraction of sp³-hybridized carbons (Fsp3) is 0.615. The van der Waals surface area contributed by atoms with Crippen molar-refractivity contribution in [3.63, 3.8) is 0 Å². The summed E-state index contributed by atoms with van der Waals surface area (Å²) in [7, 11) is 0. The molecule has 1 nitrogen and oxygen atoms in total. The highest BCUT2D eigenvalue weighted by Crippen LogP contribution is 2.27. The summed E-state index contributed by atoms with van der Waals surface area (Å²) in [4.78, 5) is 11.1. The van der Waals surface area contributed by atoms with Gasteiger partial charge in [0, 0.05) is 5.41 Å². The number of carbonyl (C=O) groups is 1. The molecule has 0 rings (SSSR count). The van der Waals surface area contributed by atoms with Crippen molar-refractivity contribution in [1.82, 2.24) is 0 Å². The molecular weight excluding hydrogens is 172 g/mol. The predicted octanol–water partition coefficient (Wildman–Crippen LogP) is 3.90. The topological polar surface area (TPSA) is 17.1 Å². The highest BCUT2D eigenvalue weighted by molar-refractivity contribution is 5.63. The smallest absolute Gasteiger partial charge is 0.130 e. The van der Waals surface area contributed by atoms with Gasteiger partial charge in [-0.2, -0.15) is 0 Å². The SMILES string of the molecule is CCC=CC(C=O)(CC)CC=C(C)C. The van der Waals surface area contributed by atoms with E-state index in [1.54, 1.807) is 0 Å². The van der Waals surface area contributed by atoms with Gasteiger partial charge in [0.15, 0.2) is 0 Å². The molecule has 0 aliphatic rings. The van der Waals surface area contributed by atoms with E-state index in [-0.39, 0.29) is 5.41 Å². The van der Waals surface area contributed by atoms with Gasteiger partial charge in [-0.05, 0) is 33.1 Å². The van der Waals surface area contributed by atoms with Gasteiger partial charge in [0.25, 0.3) is 0 Å². The summed E-state index contributed by atoms with van der Waals surface area (Å²) in [5.41, 5.74) is 1.00. The molecule has 0 N–H and O–H groups in total. The summed E-state index contributed by atoms with van der Waals surface area (Å²) in [6.07, 6.45) is 10.0. The third-order valence-electron chi connectivity index (χ3n) is 2.47. The first kappa shape index (κ1) is 13.2. The number of rotatable bonds is 6. The van der Waals surface area contributed by atoms with Gasteiger partial charge in [0.2, 0.25) is 0 Å². The van der Waals surface area contributed by atoms with E-state index in [2.05, 4.69) is 45.9 Å². The predicted molar refractivity (Wildman–Crippen MR) is 62.3 cm³/mol. The van der Waals surface area contributed by atoms with Crippen LogP contribution in [0.4, 0.5) is 0 Å². The number of hydrogen-bond donors (Lipinski definition) is 0. The van der Waals surface area contributed by atoms with Crippen molar-refractivity contribution >= 4 is 6.29 Å². The van der Waals surface area contributed by atoms with Crippen molar-refractivity contribution in [2.45, 2.75) is 47.0 Å². The average Bonchev–Trinajstić information content (AvgIpc) is 2.19. The minimum atomic E-state index is -0.271. The van der Waals surface area contributed by atoms with Crippen LogP contribution in [0.1, 0.15) is 47.0 Å². The van der Waals surface area contributed by atoms with E-state index in [9.17, 15) is 4.79 Å². The second kappa shape index (κ2) is 6.58. The normalized spacial score (nSPS) is 15.1. The van der Waals surface area contributed by atoms with E-state index >= 15 is 0 Å². The fourth-order valence-electron chi connectivity index (χ4n) is 1.25. The molecule has 1 unspecified atom stereocenters. The van der Waals surface area contributed by atoms with Crippen molar-refractivity contribution in [3.8, 4) is 0 Å². The standard InChI is InChI=1S/C13H22O/c1-5-7-9-13(6-2,11-14)10-8-12(3)4/h7-9,11H,5-6,10H2,1-4H3. The van der Waals surface area contributed by atoms with Crippen molar-refractivity contribution < 1.29 is 4.79 Å². The van der Waals surface area contributed by atoms with Gasteiger partial charge in [0.05, 0.1) is 0 Å². The maximum atomic E-state index is 11.1. The highest BCUT2D eigenvalue weighted by atomic mass is 16.1. The zero-order valence-electron chi connectivity index (χ0n) is 9.84. The van der Waals surface area contributed by atoms with Crippen LogP contribution < -0.4 is 0 Å². The lowest BCUT2D eigenvalue weighted by molar-refractivity contribution is -0.114. The Morgan fingerprint density at radius 2 is 1.93 bits per heavy atom. The summed E-state index contributed by atoms with van der Waals surface area (Å²) in [5.74, 6) is 0. The summed E-state index contributed by atoms with van der Waals surface area (Å²) in [6, 6.07) is 0. The lowest BCUT2D eigenvalue weighted by Gasteiger charge is -2.20.